The lowest BCUT2D eigenvalue weighted by molar-refractivity contribution is 0.283. The number of aryl methyl sites for hydroxylation is 4. The van der Waals surface area contributed by atoms with Gasteiger partial charge < -0.3 is 19.7 Å². The van der Waals surface area contributed by atoms with E-state index >= 15 is 0 Å². The summed E-state index contributed by atoms with van der Waals surface area (Å²) in [6.07, 6.45) is 0. The molecule has 4 aromatic rings. The number of rotatable bonds is 7. The number of phenolic OH excluding ortho intramolecular Hbond substituents is 2. The summed E-state index contributed by atoms with van der Waals surface area (Å²) in [6.45, 7) is 8.19. The fourth-order valence-electron chi connectivity index (χ4n) is 4.76. The van der Waals surface area contributed by atoms with Crippen LogP contribution in [0.2, 0.25) is 0 Å². The van der Waals surface area contributed by atoms with Gasteiger partial charge in [-0.15, -0.1) is 0 Å². The van der Waals surface area contributed by atoms with Gasteiger partial charge in [0.1, 0.15) is 18.1 Å². The Kier molecular flexibility index (Phi) is 7.02. The summed E-state index contributed by atoms with van der Waals surface area (Å²) < 4.78 is 12.1. The first-order chi connectivity index (χ1) is 16.8. The minimum Gasteiger partial charge on any atom is -0.507 e. The maximum atomic E-state index is 11.2. The van der Waals surface area contributed by atoms with Crippen LogP contribution in [0.5, 0.6) is 23.0 Å². The normalized spacial score (nSPS) is 11.0. The quantitative estimate of drug-likeness (QED) is 0.284. The Morgan fingerprint density at radius 3 is 1.80 bits per heavy atom. The van der Waals surface area contributed by atoms with Gasteiger partial charge in [0.05, 0.1) is 7.11 Å². The number of ether oxygens (including phenoxy) is 2. The molecule has 0 aromatic heterocycles. The van der Waals surface area contributed by atoms with E-state index in [0.717, 1.165) is 33.4 Å². The highest BCUT2D eigenvalue weighted by molar-refractivity contribution is 5.62. The van der Waals surface area contributed by atoms with Crippen molar-refractivity contribution >= 4 is 0 Å². The number of methoxy groups -OCH3 is 1. The fourth-order valence-corrected chi connectivity index (χ4v) is 4.76. The van der Waals surface area contributed by atoms with Crippen molar-refractivity contribution in [2.45, 2.75) is 40.2 Å². The van der Waals surface area contributed by atoms with E-state index < -0.39 is 5.92 Å². The summed E-state index contributed by atoms with van der Waals surface area (Å²) in [5.74, 6) is 1.12. The average Bonchev–Trinajstić information content (AvgIpc) is 2.84. The van der Waals surface area contributed by atoms with Crippen molar-refractivity contribution in [1.29, 1.82) is 0 Å². The van der Waals surface area contributed by atoms with E-state index in [-0.39, 0.29) is 11.5 Å². The van der Waals surface area contributed by atoms with Crippen molar-refractivity contribution in [1.82, 2.24) is 0 Å². The van der Waals surface area contributed by atoms with E-state index in [1.807, 2.05) is 100 Å². The molecule has 0 atom stereocenters. The van der Waals surface area contributed by atoms with Crippen LogP contribution in [0.25, 0.3) is 0 Å². The molecule has 0 saturated heterocycles. The van der Waals surface area contributed by atoms with Gasteiger partial charge in [0, 0.05) is 22.6 Å². The average molecular weight is 469 g/mol. The van der Waals surface area contributed by atoms with Crippen LogP contribution in [0.1, 0.15) is 50.4 Å². The zero-order valence-electron chi connectivity index (χ0n) is 20.9. The predicted octanol–water partition coefficient (Wildman–Crippen LogP) is 7.10. The van der Waals surface area contributed by atoms with Gasteiger partial charge in [-0.3, -0.25) is 0 Å². The topological polar surface area (TPSA) is 58.9 Å². The molecule has 0 bridgehead atoms. The van der Waals surface area contributed by atoms with Gasteiger partial charge in [-0.05, 0) is 50.5 Å². The lowest BCUT2D eigenvalue weighted by Crippen LogP contribution is -2.09. The largest absolute Gasteiger partial charge is 0.507 e. The molecule has 0 aliphatic carbocycles. The van der Waals surface area contributed by atoms with E-state index in [1.165, 1.54) is 0 Å². The lowest BCUT2D eigenvalue weighted by atomic mass is 9.81. The Labute approximate surface area is 207 Å². The first kappa shape index (κ1) is 24.2. The van der Waals surface area contributed by atoms with Crippen LogP contribution in [-0.2, 0) is 6.61 Å². The van der Waals surface area contributed by atoms with Crippen molar-refractivity contribution < 1.29 is 19.7 Å². The Morgan fingerprint density at radius 2 is 1.26 bits per heavy atom. The van der Waals surface area contributed by atoms with E-state index in [0.29, 0.717) is 29.2 Å². The van der Waals surface area contributed by atoms with Crippen LogP contribution in [0, 0.1) is 27.7 Å². The third-order valence-electron chi connectivity index (χ3n) is 6.33. The Morgan fingerprint density at radius 1 is 0.686 bits per heavy atom. The number of aromatic hydroxyl groups is 2. The van der Waals surface area contributed by atoms with Crippen LogP contribution in [0.4, 0.5) is 0 Å². The summed E-state index contributed by atoms with van der Waals surface area (Å²) in [5, 5.41) is 22.4. The molecule has 0 radical (unpaired) electrons. The van der Waals surface area contributed by atoms with Gasteiger partial charge in [-0.2, -0.15) is 0 Å². The summed E-state index contributed by atoms with van der Waals surface area (Å²) in [7, 11) is 1.62. The number of para-hydroxylation sites is 1. The highest BCUT2D eigenvalue weighted by Crippen LogP contribution is 2.48. The molecule has 4 aromatic carbocycles. The molecule has 0 amide bonds. The van der Waals surface area contributed by atoms with Gasteiger partial charge in [-0.1, -0.05) is 77.9 Å². The molecular weight excluding hydrogens is 436 g/mol. The molecule has 0 saturated carbocycles. The second kappa shape index (κ2) is 10.1. The third-order valence-corrected chi connectivity index (χ3v) is 6.33. The van der Waals surface area contributed by atoms with Crippen molar-refractivity contribution in [2.24, 2.45) is 0 Å². The van der Waals surface area contributed by atoms with Crippen LogP contribution < -0.4 is 9.47 Å². The van der Waals surface area contributed by atoms with Gasteiger partial charge in [0.15, 0.2) is 11.5 Å². The smallest absolute Gasteiger partial charge is 0.164 e. The van der Waals surface area contributed by atoms with E-state index in [4.69, 9.17) is 9.47 Å². The Hall–Kier alpha value is -3.92. The van der Waals surface area contributed by atoms with Gasteiger partial charge >= 0.3 is 0 Å². The number of benzene rings is 4. The minimum atomic E-state index is -0.470. The first-order valence-electron chi connectivity index (χ1n) is 11.7. The van der Waals surface area contributed by atoms with E-state index in [2.05, 4.69) is 0 Å². The molecule has 0 aliphatic rings. The SMILES string of the molecule is COc1c(OCc2ccccc2)cccc1C(c1cc(C)cc(C)c1O)c1cc(C)cc(C)c1O. The molecule has 0 aliphatic heterocycles. The van der Waals surface area contributed by atoms with Crippen molar-refractivity contribution in [2.75, 3.05) is 7.11 Å². The molecule has 0 heterocycles. The Bertz CT molecular complexity index is 1280. The molecule has 35 heavy (non-hydrogen) atoms. The molecule has 0 unspecified atom stereocenters. The van der Waals surface area contributed by atoms with E-state index in [1.54, 1.807) is 7.11 Å². The summed E-state index contributed by atoms with van der Waals surface area (Å²) >= 11 is 0. The number of phenols is 2. The van der Waals surface area contributed by atoms with Crippen molar-refractivity contribution in [3.8, 4) is 23.0 Å². The summed E-state index contributed by atoms with van der Waals surface area (Å²) in [6, 6.07) is 23.6. The molecular formula is C31H32O4. The third kappa shape index (κ3) is 4.97. The molecule has 4 rings (SSSR count). The highest BCUT2D eigenvalue weighted by Gasteiger charge is 2.29. The molecule has 0 spiro atoms. The molecule has 180 valence electrons. The van der Waals surface area contributed by atoms with Gasteiger partial charge in [0.2, 0.25) is 0 Å². The fraction of sp³-hybridized carbons (Fsp3) is 0.226. The number of hydrogen-bond acceptors (Lipinski definition) is 4. The van der Waals surface area contributed by atoms with Crippen LogP contribution in [0.15, 0.2) is 72.8 Å². The standard InChI is InChI=1S/C31H32O4/c1-19-14-21(3)29(32)25(16-19)28(26-17-20(2)15-22(4)30(26)33)24-12-9-13-27(31(24)34-5)35-18-23-10-7-6-8-11-23/h6-17,28,32-33H,18H2,1-5H3. The maximum Gasteiger partial charge on any atom is 0.164 e. The maximum absolute atomic E-state index is 11.2. The minimum absolute atomic E-state index is 0.205. The highest BCUT2D eigenvalue weighted by atomic mass is 16.5. The zero-order chi connectivity index (χ0) is 25.1. The summed E-state index contributed by atoms with van der Waals surface area (Å²) in [4.78, 5) is 0. The monoisotopic (exact) mass is 468 g/mol. The molecule has 0 fully saturated rings. The van der Waals surface area contributed by atoms with Crippen LogP contribution in [0.3, 0.4) is 0 Å². The van der Waals surface area contributed by atoms with Gasteiger partial charge in [0.25, 0.3) is 0 Å². The van der Waals surface area contributed by atoms with Crippen LogP contribution >= 0.6 is 0 Å². The predicted molar refractivity (Wildman–Crippen MR) is 140 cm³/mol. The zero-order valence-corrected chi connectivity index (χ0v) is 20.9. The molecule has 4 heteroatoms. The van der Waals surface area contributed by atoms with Crippen LogP contribution in [-0.4, -0.2) is 17.3 Å². The number of hydrogen-bond donors (Lipinski definition) is 2. The Balaban J connectivity index is 1.92. The van der Waals surface area contributed by atoms with Crippen molar-refractivity contribution in [3.63, 3.8) is 0 Å². The molecule has 2 N–H and O–H groups in total. The van der Waals surface area contributed by atoms with E-state index in [9.17, 15) is 10.2 Å². The second-order valence-electron chi connectivity index (χ2n) is 9.13. The second-order valence-corrected chi connectivity index (χ2v) is 9.13. The van der Waals surface area contributed by atoms with Crippen molar-refractivity contribution in [3.05, 3.63) is 117 Å². The molecule has 4 nitrogen and oxygen atoms in total. The first-order valence-corrected chi connectivity index (χ1v) is 11.7. The lowest BCUT2D eigenvalue weighted by Gasteiger charge is -2.26. The summed E-state index contributed by atoms with van der Waals surface area (Å²) in [5.41, 5.74) is 6.89. The van der Waals surface area contributed by atoms with Gasteiger partial charge in [-0.25, -0.2) is 0 Å².